The Morgan fingerprint density at radius 3 is 2.17 bits per heavy atom. The molecule has 1 aliphatic rings. The van der Waals surface area contributed by atoms with Crippen LogP contribution in [0, 0.1) is 5.92 Å². The van der Waals surface area contributed by atoms with Crippen molar-refractivity contribution in [1.82, 2.24) is 0 Å². The summed E-state index contributed by atoms with van der Waals surface area (Å²) >= 11 is 5.45. The second-order valence-corrected chi connectivity index (χ2v) is 7.01. The van der Waals surface area contributed by atoms with Crippen molar-refractivity contribution >= 4 is 16.8 Å². The van der Waals surface area contributed by atoms with Crippen molar-refractivity contribution in [2.24, 2.45) is 5.92 Å². The van der Waals surface area contributed by atoms with Crippen LogP contribution in [0.3, 0.4) is 0 Å². The number of hydrogen-bond acceptors (Lipinski definition) is 3. The molecule has 2 rings (SSSR count). The van der Waals surface area contributed by atoms with Gasteiger partial charge in [-0.15, -0.1) is 0 Å². The Morgan fingerprint density at radius 2 is 1.58 bits per heavy atom. The molecule has 1 aromatic carbocycles. The van der Waals surface area contributed by atoms with Crippen molar-refractivity contribution in [3.63, 3.8) is 0 Å². The molecule has 1 heterocycles. The number of carbonyl (C=O) groups excluding carboxylic acids is 1. The van der Waals surface area contributed by atoms with E-state index in [0.717, 1.165) is 18.8 Å². The monoisotopic (exact) mass is 352 g/mol. The number of benzene rings is 1. The fraction of sp³-hybridized carbons (Fsp3) is 0.650. The van der Waals surface area contributed by atoms with Gasteiger partial charge in [-0.2, -0.15) is 0 Å². The lowest BCUT2D eigenvalue weighted by Crippen LogP contribution is -2.27. The van der Waals surface area contributed by atoms with Gasteiger partial charge in [0.15, 0.2) is 6.29 Å². The maximum Gasteiger partial charge on any atom is 0.252 e. The second kappa shape index (κ2) is 10.9. The van der Waals surface area contributed by atoms with Gasteiger partial charge in [-0.25, -0.2) is 0 Å². The fourth-order valence-electron chi connectivity index (χ4n) is 3.06. The third-order valence-corrected chi connectivity index (χ3v) is 4.81. The van der Waals surface area contributed by atoms with Gasteiger partial charge in [-0.1, -0.05) is 64.0 Å². The van der Waals surface area contributed by atoms with Gasteiger partial charge in [0.1, 0.15) is 0 Å². The van der Waals surface area contributed by atoms with Crippen molar-refractivity contribution in [1.29, 1.82) is 0 Å². The van der Waals surface area contributed by atoms with Crippen LogP contribution in [0.4, 0.5) is 0 Å². The molecule has 0 N–H and O–H groups in total. The molecule has 0 aliphatic carbocycles. The average Bonchev–Trinajstić information content (AvgIpc) is 2.61. The van der Waals surface area contributed by atoms with Crippen LogP contribution in [0.1, 0.15) is 80.5 Å². The predicted molar refractivity (Wildman–Crippen MR) is 97.4 cm³/mol. The van der Waals surface area contributed by atoms with Crippen LogP contribution < -0.4 is 0 Å². The molecule has 0 aromatic heterocycles. The molecule has 0 unspecified atom stereocenters. The van der Waals surface area contributed by atoms with E-state index >= 15 is 0 Å². The highest BCUT2D eigenvalue weighted by Gasteiger charge is 2.23. The normalized spacial score (nSPS) is 20.9. The zero-order valence-corrected chi connectivity index (χ0v) is 15.4. The van der Waals surface area contributed by atoms with E-state index in [0.29, 0.717) is 11.5 Å². The molecule has 0 radical (unpaired) electrons. The number of halogens is 1. The van der Waals surface area contributed by atoms with Gasteiger partial charge >= 0.3 is 0 Å². The van der Waals surface area contributed by atoms with Crippen LogP contribution in [0.2, 0.25) is 0 Å². The average molecular weight is 353 g/mol. The van der Waals surface area contributed by atoms with Gasteiger partial charge in [-0.05, 0) is 30.2 Å². The van der Waals surface area contributed by atoms with Crippen molar-refractivity contribution < 1.29 is 14.3 Å². The highest BCUT2D eigenvalue weighted by atomic mass is 35.5. The summed E-state index contributed by atoms with van der Waals surface area (Å²) in [6.07, 6.45) is 10.2. The topological polar surface area (TPSA) is 35.5 Å². The molecule has 24 heavy (non-hydrogen) atoms. The third-order valence-electron chi connectivity index (χ3n) is 4.59. The van der Waals surface area contributed by atoms with Crippen LogP contribution >= 0.6 is 11.6 Å². The number of rotatable bonds is 10. The van der Waals surface area contributed by atoms with E-state index in [1.54, 1.807) is 12.1 Å². The Kier molecular flexibility index (Phi) is 8.79. The largest absolute Gasteiger partial charge is 0.348 e. The number of carbonyl (C=O) groups is 1. The SMILES string of the molecule is CCCCCCCCCC1COC(c2ccc(C(=O)Cl)cc2)OC1. The minimum Gasteiger partial charge on any atom is -0.348 e. The molecule has 0 spiro atoms. The lowest BCUT2D eigenvalue weighted by molar-refractivity contribution is -0.206. The van der Waals surface area contributed by atoms with E-state index < -0.39 is 5.24 Å². The number of ether oxygens (including phenoxy) is 2. The van der Waals surface area contributed by atoms with Gasteiger partial charge in [0, 0.05) is 17.0 Å². The summed E-state index contributed by atoms with van der Waals surface area (Å²) in [5, 5.41) is -0.443. The minimum atomic E-state index is -0.443. The molecule has 1 saturated heterocycles. The first kappa shape index (κ1) is 19.4. The number of hydrogen-bond donors (Lipinski definition) is 0. The highest BCUT2D eigenvalue weighted by Crippen LogP contribution is 2.27. The second-order valence-electron chi connectivity index (χ2n) is 6.67. The van der Waals surface area contributed by atoms with E-state index in [1.807, 2.05) is 12.1 Å². The summed E-state index contributed by atoms with van der Waals surface area (Å²) in [5.74, 6) is 0.501. The van der Waals surface area contributed by atoms with Crippen LogP contribution in [0.15, 0.2) is 24.3 Å². The van der Waals surface area contributed by atoms with Crippen molar-refractivity contribution in [2.75, 3.05) is 13.2 Å². The van der Waals surface area contributed by atoms with E-state index in [9.17, 15) is 4.79 Å². The standard InChI is InChI=1S/C20H29ClO3/c1-2-3-4-5-6-7-8-9-16-14-23-20(24-15-16)18-12-10-17(11-13-18)19(21)22/h10-13,16,20H,2-9,14-15H2,1H3. The van der Waals surface area contributed by atoms with E-state index in [2.05, 4.69) is 6.92 Å². The molecule has 4 heteroatoms. The summed E-state index contributed by atoms with van der Waals surface area (Å²) in [6, 6.07) is 7.11. The molecule has 0 bridgehead atoms. The van der Waals surface area contributed by atoms with Crippen LogP contribution in [-0.2, 0) is 9.47 Å². The van der Waals surface area contributed by atoms with E-state index in [4.69, 9.17) is 21.1 Å². The lowest BCUT2D eigenvalue weighted by atomic mass is 10.0. The zero-order chi connectivity index (χ0) is 17.2. The van der Waals surface area contributed by atoms with Crippen LogP contribution in [0.25, 0.3) is 0 Å². The van der Waals surface area contributed by atoms with E-state index in [1.165, 1.54) is 51.4 Å². The fourth-order valence-corrected chi connectivity index (χ4v) is 3.19. The predicted octanol–water partition coefficient (Wildman–Crippen LogP) is 5.87. The maximum absolute atomic E-state index is 11.1. The van der Waals surface area contributed by atoms with Crippen molar-refractivity contribution in [3.8, 4) is 0 Å². The smallest absolute Gasteiger partial charge is 0.252 e. The Hall–Kier alpha value is -0.900. The molecule has 0 atom stereocenters. The van der Waals surface area contributed by atoms with Crippen molar-refractivity contribution in [3.05, 3.63) is 35.4 Å². The van der Waals surface area contributed by atoms with Gasteiger partial charge < -0.3 is 9.47 Å². The minimum absolute atomic E-state index is 0.324. The summed E-state index contributed by atoms with van der Waals surface area (Å²) in [7, 11) is 0. The van der Waals surface area contributed by atoms with Gasteiger partial charge in [0.05, 0.1) is 13.2 Å². The summed E-state index contributed by atoms with van der Waals surface area (Å²) in [6.45, 7) is 3.75. The molecule has 0 amide bonds. The Bertz CT molecular complexity index is 478. The number of unbranched alkanes of at least 4 members (excludes halogenated alkanes) is 6. The molecule has 134 valence electrons. The lowest BCUT2D eigenvalue weighted by Gasteiger charge is -2.29. The summed E-state index contributed by atoms with van der Waals surface area (Å²) in [5.41, 5.74) is 1.43. The van der Waals surface area contributed by atoms with Crippen LogP contribution in [0.5, 0.6) is 0 Å². The Morgan fingerprint density at radius 1 is 1.00 bits per heavy atom. The van der Waals surface area contributed by atoms with Gasteiger partial charge in [-0.3, -0.25) is 4.79 Å². The molecule has 1 fully saturated rings. The maximum atomic E-state index is 11.1. The first-order chi connectivity index (χ1) is 11.7. The Labute approximate surface area is 150 Å². The first-order valence-corrected chi connectivity index (χ1v) is 9.61. The molecular weight excluding hydrogens is 324 g/mol. The Balaban J connectivity index is 1.62. The molecule has 3 nitrogen and oxygen atoms in total. The molecule has 1 aromatic rings. The third kappa shape index (κ3) is 6.54. The summed E-state index contributed by atoms with van der Waals surface area (Å²) in [4.78, 5) is 11.1. The highest BCUT2D eigenvalue weighted by molar-refractivity contribution is 6.67. The van der Waals surface area contributed by atoms with E-state index in [-0.39, 0.29) is 6.29 Å². The van der Waals surface area contributed by atoms with Gasteiger partial charge in [0.2, 0.25) is 0 Å². The first-order valence-electron chi connectivity index (χ1n) is 9.23. The molecule has 0 saturated carbocycles. The van der Waals surface area contributed by atoms with Crippen LogP contribution in [-0.4, -0.2) is 18.5 Å². The quantitative estimate of drug-likeness (QED) is 0.390. The molecular formula is C20H29ClO3. The molecule has 1 aliphatic heterocycles. The zero-order valence-electron chi connectivity index (χ0n) is 14.6. The summed E-state index contributed by atoms with van der Waals surface area (Å²) < 4.78 is 11.7. The van der Waals surface area contributed by atoms with Gasteiger partial charge in [0.25, 0.3) is 5.24 Å². The van der Waals surface area contributed by atoms with Crippen molar-refractivity contribution in [2.45, 2.75) is 64.6 Å².